The molecule has 2 aromatic rings. The van der Waals surface area contributed by atoms with Gasteiger partial charge in [-0.05, 0) is 43.5 Å². The number of carbonyl (C=O) groups excluding carboxylic acids is 1. The largest absolute Gasteiger partial charge is 0.497 e. The number of hydrogen-bond acceptors (Lipinski definition) is 4. The van der Waals surface area contributed by atoms with E-state index in [9.17, 15) is 9.18 Å². The molecule has 2 aliphatic heterocycles. The number of carbonyl (C=O) groups is 1. The zero-order chi connectivity index (χ0) is 16.7. The van der Waals surface area contributed by atoms with Gasteiger partial charge in [0.05, 0.1) is 12.7 Å². The van der Waals surface area contributed by atoms with Gasteiger partial charge in [0.1, 0.15) is 17.3 Å². The average Bonchev–Trinajstić information content (AvgIpc) is 3.31. The molecule has 3 atom stereocenters. The van der Waals surface area contributed by atoms with Gasteiger partial charge in [-0.1, -0.05) is 0 Å². The second-order valence-electron chi connectivity index (χ2n) is 6.37. The van der Waals surface area contributed by atoms with E-state index in [1.165, 1.54) is 19.6 Å². The van der Waals surface area contributed by atoms with Crippen molar-refractivity contribution in [2.45, 2.75) is 37.4 Å². The highest BCUT2D eigenvalue weighted by atomic mass is 19.1. The first-order valence-corrected chi connectivity index (χ1v) is 8.14. The summed E-state index contributed by atoms with van der Waals surface area (Å²) in [5.74, 6) is 0.251. The summed E-state index contributed by atoms with van der Waals surface area (Å²) in [6.07, 6.45) is 3.23. The Morgan fingerprint density at radius 1 is 1.33 bits per heavy atom. The minimum Gasteiger partial charge on any atom is -0.497 e. The first kappa shape index (κ1) is 15.2. The van der Waals surface area contributed by atoms with Crippen molar-refractivity contribution in [2.24, 2.45) is 0 Å². The lowest BCUT2D eigenvalue weighted by atomic mass is 9.95. The first-order chi connectivity index (χ1) is 11.6. The van der Waals surface area contributed by atoms with Crippen molar-refractivity contribution in [2.75, 3.05) is 7.11 Å². The van der Waals surface area contributed by atoms with E-state index in [1.54, 1.807) is 24.3 Å². The fraction of sp³-hybridized carbons (Fsp3) is 0.389. The second kappa shape index (κ2) is 5.94. The van der Waals surface area contributed by atoms with Crippen LogP contribution in [0.1, 0.15) is 29.8 Å². The molecule has 5 nitrogen and oxygen atoms in total. The van der Waals surface area contributed by atoms with Gasteiger partial charge in [0.25, 0.3) is 5.91 Å². The topological polar surface area (TPSA) is 63.5 Å². The van der Waals surface area contributed by atoms with Crippen LogP contribution in [-0.2, 0) is 0 Å². The molecule has 2 aliphatic rings. The number of nitrogens with one attached hydrogen (secondary N) is 2. The van der Waals surface area contributed by atoms with Crippen molar-refractivity contribution in [3.63, 3.8) is 0 Å². The van der Waals surface area contributed by atoms with Crippen molar-refractivity contribution in [3.05, 3.63) is 41.9 Å². The smallest absolute Gasteiger partial charge is 0.287 e. The predicted octanol–water partition coefficient (Wildman–Crippen LogP) is 2.72. The number of halogens is 1. The number of fused-ring (bicyclic) bond motifs is 2. The van der Waals surface area contributed by atoms with E-state index < -0.39 is 5.82 Å². The standard InChI is InChI=1S/C18H19FN2O3/c1-23-11-3-4-12(13(19)9-11)16-6-7-17(24-16)18(22)21-15-8-10-2-5-14(15)20-10/h3-4,6-7,9-10,14-15,20H,2,5,8H2,1H3,(H,21,22)/t10-,14+,15-/m1/s1. The number of ether oxygens (including phenoxy) is 1. The summed E-state index contributed by atoms with van der Waals surface area (Å²) >= 11 is 0. The molecule has 1 aromatic heterocycles. The molecule has 0 saturated carbocycles. The van der Waals surface area contributed by atoms with Crippen LogP contribution >= 0.6 is 0 Å². The van der Waals surface area contributed by atoms with E-state index in [0.717, 1.165) is 12.8 Å². The van der Waals surface area contributed by atoms with Gasteiger partial charge in [-0.2, -0.15) is 0 Å². The molecular formula is C18H19FN2O3. The van der Waals surface area contributed by atoms with Crippen LogP contribution in [0.25, 0.3) is 11.3 Å². The molecule has 2 fully saturated rings. The summed E-state index contributed by atoms with van der Waals surface area (Å²) in [7, 11) is 1.48. The normalized spacial score (nSPS) is 25.0. The monoisotopic (exact) mass is 330 g/mol. The molecule has 0 aliphatic carbocycles. The van der Waals surface area contributed by atoms with Crippen molar-refractivity contribution in [1.29, 1.82) is 0 Å². The quantitative estimate of drug-likeness (QED) is 0.905. The van der Waals surface area contributed by atoms with E-state index >= 15 is 0 Å². The fourth-order valence-electron chi connectivity index (χ4n) is 3.65. The molecule has 1 amide bonds. The summed E-state index contributed by atoms with van der Waals surface area (Å²) in [6, 6.07) is 8.72. The molecule has 2 saturated heterocycles. The highest BCUT2D eigenvalue weighted by Crippen LogP contribution is 2.30. The molecule has 2 bridgehead atoms. The fourth-order valence-corrected chi connectivity index (χ4v) is 3.65. The third-order valence-corrected chi connectivity index (χ3v) is 4.89. The van der Waals surface area contributed by atoms with Crippen LogP contribution < -0.4 is 15.4 Å². The van der Waals surface area contributed by atoms with Crippen LogP contribution in [0.15, 0.2) is 34.7 Å². The highest BCUT2D eigenvalue weighted by Gasteiger charge is 2.39. The van der Waals surface area contributed by atoms with Gasteiger partial charge < -0.3 is 19.8 Å². The molecule has 24 heavy (non-hydrogen) atoms. The van der Waals surface area contributed by atoms with Gasteiger partial charge in [-0.3, -0.25) is 4.79 Å². The summed E-state index contributed by atoms with van der Waals surface area (Å²) in [4.78, 5) is 12.4. The van der Waals surface area contributed by atoms with Crippen molar-refractivity contribution >= 4 is 5.91 Å². The number of benzene rings is 1. The van der Waals surface area contributed by atoms with E-state index in [0.29, 0.717) is 29.2 Å². The summed E-state index contributed by atoms with van der Waals surface area (Å²) in [5.41, 5.74) is 0.302. The zero-order valence-corrected chi connectivity index (χ0v) is 13.3. The molecule has 0 spiro atoms. The molecule has 126 valence electrons. The van der Waals surface area contributed by atoms with Crippen LogP contribution in [-0.4, -0.2) is 31.1 Å². The van der Waals surface area contributed by atoms with Gasteiger partial charge in [0.2, 0.25) is 0 Å². The lowest BCUT2D eigenvalue weighted by molar-refractivity contribution is 0.0903. The Labute approximate surface area is 139 Å². The minimum absolute atomic E-state index is 0.141. The zero-order valence-electron chi connectivity index (χ0n) is 13.3. The second-order valence-corrected chi connectivity index (χ2v) is 6.37. The van der Waals surface area contributed by atoms with Gasteiger partial charge in [0.15, 0.2) is 5.76 Å². The highest BCUT2D eigenvalue weighted by molar-refractivity contribution is 5.92. The number of amides is 1. The maximum atomic E-state index is 14.1. The Hall–Kier alpha value is -2.34. The third-order valence-electron chi connectivity index (χ3n) is 4.89. The molecular weight excluding hydrogens is 311 g/mol. The van der Waals surface area contributed by atoms with E-state index in [1.807, 2.05) is 0 Å². The van der Waals surface area contributed by atoms with E-state index in [2.05, 4.69) is 10.6 Å². The minimum atomic E-state index is -0.451. The average molecular weight is 330 g/mol. The number of hydrogen-bond donors (Lipinski definition) is 2. The van der Waals surface area contributed by atoms with Crippen molar-refractivity contribution < 1.29 is 18.3 Å². The number of rotatable bonds is 4. The molecule has 2 N–H and O–H groups in total. The molecule has 3 heterocycles. The van der Waals surface area contributed by atoms with Crippen molar-refractivity contribution in [3.8, 4) is 17.1 Å². The van der Waals surface area contributed by atoms with Gasteiger partial charge in [-0.25, -0.2) is 4.39 Å². The Morgan fingerprint density at radius 2 is 2.21 bits per heavy atom. The Morgan fingerprint density at radius 3 is 2.88 bits per heavy atom. The summed E-state index contributed by atoms with van der Waals surface area (Å²) < 4.78 is 24.7. The Bertz CT molecular complexity index is 773. The number of methoxy groups -OCH3 is 1. The Balaban J connectivity index is 1.49. The third kappa shape index (κ3) is 2.67. The SMILES string of the molecule is COc1ccc(-c2ccc(C(=O)N[C@@H]3C[C@H]4CC[C@@H]3N4)o2)c(F)c1. The predicted molar refractivity (Wildman–Crippen MR) is 86.5 cm³/mol. The van der Waals surface area contributed by atoms with Crippen LogP contribution in [0, 0.1) is 5.82 Å². The van der Waals surface area contributed by atoms with Gasteiger partial charge >= 0.3 is 0 Å². The first-order valence-electron chi connectivity index (χ1n) is 8.14. The molecule has 4 rings (SSSR count). The van der Waals surface area contributed by atoms with Gasteiger partial charge in [0, 0.05) is 24.2 Å². The maximum Gasteiger partial charge on any atom is 0.287 e. The maximum absolute atomic E-state index is 14.1. The van der Waals surface area contributed by atoms with E-state index in [4.69, 9.17) is 9.15 Å². The van der Waals surface area contributed by atoms with E-state index in [-0.39, 0.29) is 17.7 Å². The van der Waals surface area contributed by atoms with Crippen LogP contribution in [0.3, 0.4) is 0 Å². The summed E-state index contributed by atoms with van der Waals surface area (Å²) in [5, 5.41) is 6.49. The Kier molecular flexibility index (Phi) is 3.76. The lowest BCUT2D eigenvalue weighted by Crippen LogP contribution is -2.42. The van der Waals surface area contributed by atoms with Crippen molar-refractivity contribution in [1.82, 2.24) is 10.6 Å². The van der Waals surface area contributed by atoms with Gasteiger partial charge in [-0.15, -0.1) is 0 Å². The summed E-state index contributed by atoms with van der Waals surface area (Å²) in [6.45, 7) is 0. The molecule has 1 aromatic carbocycles. The van der Waals surface area contributed by atoms with Crippen LogP contribution in [0.2, 0.25) is 0 Å². The molecule has 0 unspecified atom stereocenters. The number of furan rings is 1. The van der Waals surface area contributed by atoms with Crippen LogP contribution in [0.5, 0.6) is 5.75 Å². The lowest BCUT2D eigenvalue weighted by Gasteiger charge is -2.20. The van der Waals surface area contributed by atoms with Crippen LogP contribution in [0.4, 0.5) is 4.39 Å². The molecule has 6 heteroatoms. The molecule has 0 radical (unpaired) electrons.